The molecule has 2 N–H and O–H groups in total. The van der Waals surface area contributed by atoms with Crippen molar-refractivity contribution in [2.24, 2.45) is 5.92 Å². The molecule has 0 aliphatic carbocycles. The maximum Gasteiger partial charge on any atom is 0.251 e. The van der Waals surface area contributed by atoms with Crippen molar-refractivity contribution >= 4 is 23.4 Å². The smallest absolute Gasteiger partial charge is 0.251 e. The van der Waals surface area contributed by atoms with Gasteiger partial charge in [-0.1, -0.05) is 17.7 Å². The van der Waals surface area contributed by atoms with Crippen molar-refractivity contribution in [3.63, 3.8) is 0 Å². The van der Waals surface area contributed by atoms with E-state index in [1.54, 1.807) is 29.2 Å². The standard InChI is InChI=1S/C13H15ClN2O3/c14-11-3-1-2-10(4-11)13(19)15-5-12(18)16-6-9(7-16)8-17/h1-4,9,17H,5-8H2,(H,15,19). The van der Waals surface area contributed by atoms with E-state index in [2.05, 4.69) is 5.32 Å². The lowest BCUT2D eigenvalue weighted by Crippen LogP contribution is -2.54. The van der Waals surface area contributed by atoms with Crippen LogP contribution < -0.4 is 5.32 Å². The third-order valence-electron chi connectivity index (χ3n) is 3.06. The highest BCUT2D eigenvalue weighted by molar-refractivity contribution is 6.30. The highest BCUT2D eigenvalue weighted by Gasteiger charge is 2.29. The Morgan fingerprint density at radius 2 is 2.16 bits per heavy atom. The van der Waals surface area contributed by atoms with Crippen LogP contribution in [0.25, 0.3) is 0 Å². The molecule has 0 atom stereocenters. The minimum Gasteiger partial charge on any atom is -0.396 e. The molecule has 1 saturated heterocycles. The molecule has 0 spiro atoms. The lowest BCUT2D eigenvalue weighted by molar-refractivity contribution is -0.137. The van der Waals surface area contributed by atoms with Gasteiger partial charge in [0.15, 0.2) is 0 Å². The number of aliphatic hydroxyl groups excluding tert-OH is 1. The molecule has 1 aromatic rings. The zero-order valence-electron chi connectivity index (χ0n) is 10.3. The molecular formula is C13H15ClN2O3. The largest absolute Gasteiger partial charge is 0.396 e. The van der Waals surface area contributed by atoms with Crippen LogP contribution in [0.3, 0.4) is 0 Å². The van der Waals surface area contributed by atoms with Crippen LogP contribution in [0.1, 0.15) is 10.4 Å². The predicted octanol–water partition coefficient (Wildman–Crippen LogP) is 0.521. The predicted molar refractivity (Wildman–Crippen MR) is 70.9 cm³/mol. The van der Waals surface area contributed by atoms with Crippen molar-refractivity contribution in [2.75, 3.05) is 26.2 Å². The van der Waals surface area contributed by atoms with Gasteiger partial charge in [-0.3, -0.25) is 9.59 Å². The number of aliphatic hydroxyl groups is 1. The number of benzene rings is 1. The lowest BCUT2D eigenvalue weighted by Gasteiger charge is -2.38. The van der Waals surface area contributed by atoms with Crippen molar-refractivity contribution < 1.29 is 14.7 Å². The summed E-state index contributed by atoms with van der Waals surface area (Å²) in [5, 5.41) is 11.9. The molecule has 1 aliphatic rings. The second-order valence-electron chi connectivity index (χ2n) is 4.54. The Balaban J connectivity index is 1.79. The molecule has 1 aromatic carbocycles. The molecular weight excluding hydrogens is 268 g/mol. The van der Waals surface area contributed by atoms with Crippen molar-refractivity contribution in [3.8, 4) is 0 Å². The van der Waals surface area contributed by atoms with Crippen LogP contribution in [0, 0.1) is 5.92 Å². The molecule has 0 radical (unpaired) electrons. The molecule has 2 rings (SSSR count). The number of nitrogens with zero attached hydrogens (tertiary/aromatic N) is 1. The summed E-state index contributed by atoms with van der Waals surface area (Å²) >= 11 is 5.79. The van der Waals surface area contributed by atoms with Gasteiger partial charge in [-0.25, -0.2) is 0 Å². The molecule has 19 heavy (non-hydrogen) atoms. The maximum absolute atomic E-state index is 11.8. The van der Waals surface area contributed by atoms with E-state index < -0.39 is 0 Å². The third kappa shape index (κ3) is 3.45. The molecule has 1 aliphatic heterocycles. The first-order valence-electron chi connectivity index (χ1n) is 6.02. The molecule has 2 amide bonds. The van der Waals surface area contributed by atoms with Gasteiger partial charge in [0.05, 0.1) is 6.54 Å². The van der Waals surface area contributed by atoms with Crippen LogP contribution in [0.4, 0.5) is 0 Å². The van der Waals surface area contributed by atoms with E-state index in [0.717, 1.165) is 0 Å². The summed E-state index contributed by atoms with van der Waals surface area (Å²) in [5.41, 5.74) is 0.428. The molecule has 0 bridgehead atoms. The number of carbonyl (C=O) groups excluding carboxylic acids is 2. The topological polar surface area (TPSA) is 69.6 Å². The quantitative estimate of drug-likeness (QED) is 0.846. The fraction of sp³-hybridized carbons (Fsp3) is 0.385. The summed E-state index contributed by atoms with van der Waals surface area (Å²) in [6.45, 7) is 1.17. The van der Waals surface area contributed by atoms with Gasteiger partial charge < -0.3 is 15.3 Å². The SMILES string of the molecule is O=C(NCC(=O)N1CC(CO)C1)c1cccc(Cl)c1. The van der Waals surface area contributed by atoms with Crippen LogP contribution >= 0.6 is 11.6 Å². The van der Waals surface area contributed by atoms with Crippen molar-refractivity contribution in [2.45, 2.75) is 0 Å². The van der Waals surface area contributed by atoms with Gasteiger partial charge in [-0.05, 0) is 18.2 Å². The van der Waals surface area contributed by atoms with Gasteiger partial charge in [0.2, 0.25) is 5.91 Å². The molecule has 0 saturated carbocycles. The molecule has 1 heterocycles. The van der Waals surface area contributed by atoms with E-state index in [4.69, 9.17) is 16.7 Å². The van der Waals surface area contributed by atoms with Crippen molar-refractivity contribution in [3.05, 3.63) is 34.9 Å². The number of halogens is 1. The fourth-order valence-corrected chi connectivity index (χ4v) is 2.08. The first-order valence-corrected chi connectivity index (χ1v) is 6.40. The minimum atomic E-state index is -0.324. The maximum atomic E-state index is 11.8. The molecule has 1 fully saturated rings. The van der Waals surface area contributed by atoms with E-state index in [9.17, 15) is 9.59 Å². The Morgan fingerprint density at radius 1 is 1.42 bits per heavy atom. The second-order valence-corrected chi connectivity index (χ2v) is 4.98. The monoisotopic (exact) mass is 282 g/mol. The lowest BCUT2D eigenvalue weighted by atomic mass is 10.0. The van der Waals surface area contributed by atoms with Gasteiger partial charge in [-0.2, -0.15) is 0 Å². The average Bonchev–Trinajstić information content (AvgIpc) is 2.34. The second kappa shape index (κ2) is 6.04. The third-order valence-corrected chi connectivity index (χ3v) is 3.29. The summed E-state index contributed by atoms with van der Waals surface area (Å²) in [7, 11) is 0. The average molecular weight is 283 g/mol. The highest BCUT2D eigenvalue weighted by Crippen LogP contribution is 2.14. The number of hydrogen-bond acceptors (Lipinski definition) is 3. The number of likely N-dealkylation sites (tertiary alicyclic amines) is 1. The normalized spacial score (nSPS) is 14.9. The number of rotatable bonds is 4. The van der Waals surface area contributed by atoms with Gasteiger partial charge in [-0.15, -0.1) is 0 Å². The Morgan fingerprint density at radius 3 is 2.79 bits per heavy atom. The zero-order chi connectivity index (χ0) is 13.8. The summed E-state index contributed by atoms with van der Waals surface area (Å²) in [5.74, 6) is -0.289. The Kier molecular flexibility index (Phi) is 4.39. The van der Waals surface area contributed by atoms with Gasteiger partial charge in [0, 0.05) is 36.2 Å². The summed E-state index contributed by atoms with van der Waals surface area (Å²) in [4.78, 5) is 25.1. The van der Waals surface area contributed by atoms with E-state index >= 15 is 0 Å². The van der Waals surface area contributed by atoms with Crippen molar-refractivity contribution in [1.29, 1.82) is 0 Å². The van der Waals surface area contributed by atoms with Crippen molar-refractivity contribution in [1.82, 2.24) is 10.2 Å². The van der Waals surface area contributed by atoms with E-state index in [1.807, 2.05) is 0 Å². The highest BCUT2D eigenvalue weighted by atomic mass is 35.5. The number of carbonyl (C=O) groups is 2. The van der Waals surface area contributed by atoms with Crippen LogP contribution in [-0.2, 0) is 4.79 Å². The van der Waals surface area contributed by atoms with Crippen LogP contribution in [0.5, 0.6) is 0 Å². The summed E-state index contributed by atoms with van der Waals surface area (Å²) in [6.07, 6.45) is 0. The van der Waals surface area contributed by atoms with E-state index in [-0.39, 0.29) is 30.9 Å². The number of nitrogens with one attached hydrogen (secondary N) is 1. The van der Waals surface area contributed by atoms with E-state index in [0.29, 0.717) is 23.7 Å². The van der Waals surface area contributed by atoms with Crippen LogP contribution in [-0.4, -0.2) is 48.1 Å². The summed E-state index contributed by atoms with van der Waals surface area (Å²) < 4.78 is 0. The molecule has 5 nitrogen and oxygen atoms in total. The minimum absolute atomic E-state index is 0.0382. The van der Waals surface area contributed by atoms with Crippen LogP contribution in [0.15, 0.2) is 24.3 Å². The fourth-order valence-electron chi connectivity index (χ4n) is 1.89. The Bertz CT molecular complexity index is 487. The molecule has 102 valence electrons. The Hall–Kier alpha value is -1.59. The van der Waals surface area contributed by atoms with E-state index in [1.165, 1.54) is 0 Å². The first-order chi connectivity index (χ1) is 9.10. The van der Waals surface area contributed by atoms with Gasteiger partial charge in [0.1, 0.15) is 0 Å². The van der Waals surface area contributed by atoms with Crippen LogP contribution in [0.2, 0.25) is 5.02 Å². The Labute approximate surface area is 116 Å². The molecule has 0 unspecified atom stereocenters. The molecule has 6 heteroatoms. The number of hydrogen-bond donors (Lipinski definition) is 2. The van der Waals surface area contributed by atoms with Gasteiger partial charge >= 0.3 is 0 Å². The molecule has 0 aromatic heterocycles. The summed E-state index contributed by atoms with van der Waals surface area (Å²) in [6, 6.07) is 6.54. The first kappa shape index (κ1) is 13.8. The number of amides is 2. The van der Waals surface area contributed by atoms with Gasteiger partial charge in [0.25, 0.3) is 5.91 Å². The zero-order valence-corrected chi connectivity index (χ0v) is 11.1.